The standard InChI is InChI=1S/C18H29NO.C4H4O4/c1-19(2)13-8-14-20-18-12-7-6-11-17(18)15-16-9-4-3-5-10-16;5-3(6)1-2-4(7)8/h3-5,9-10,17-18H,6-8,11-15H2,1-2H3;1-2H,(H,5,6)(H,7,8)/b;2-1+. The number of carboxylic acids is 2. The summed E-state index contributed by atoms with van der Waals surface area (Å²) in [6.45, 7) is 2.03. The number of rotatable bonds is 9. The maximum absolute atomic E-state index is 9.55. The van der Waals surface area contributed by atoms with Crippen LogP contribution >= 0.6 is 0 Å². The minimum absolute atomic E-state index is 0.478. The van der Waals surface area contributed by atoms with Gasteiger partial charge in [-0.2, -0.15) is 0 Å². The molecule has 2 rings (SSSR count). The highest BCUT2D eigenvalue weighted by atomic mass is 16.5. The van der Waals surface area contributed by atoms with Crippen molar-refractivity contribution in [1.82, 2.24) is 4.90 Å². The zero-order chi connectivity index (χ0) is 20.8. The van der Waals surface area contributed by atoms with Crippen LogP contribution in [-0.4, -0.2) is 60.4 Å². The second kappa shape index (κ2) is 13.9. The zero-order valence-corrected chi connectivity index (χ0v) is 16.9. The van der Waals surface area contributed by atoms with Crippen LogP contribution in [-0.2, 0) is 20.7 Å². The van der Waals surface area contributed by atoms with E-state index in [1.54, 1.807) is 0 Å². The maximum atomic E-state index is 9.55. The molecule has 0 heterocycles. The number of hydrogen-bond donors (Lipinski definition) is 2. The number of carbonyl (C=O) groups is 2. The molecule has 6 heteroatoms. The van der Waals surface area contributed by atoms with E-state index in [4.69, 9.17) is 14.9 Å². The van der Waals surface area contributed by atoms with Crippen molar-refractivity contribution in [2.75, 3.05) is 27.2 Å². The molecule has 1 fully saturated rings. The summed E-state index contributed by atoms with van der Waals surface area (Å²) in [4.78, 5) is 21.3. The Morgan fingerprint density at radius 3 is 2.25 bits per heavy atom. The monoisotopic (exact) mass is 391 g/mol. The number of hydrogen-bond acceptors (Lipinski definition) is 4. The topological polar surface area (TPSA) is 87.1 Å². The molecule has 1 aromatic carbocycles. The third-order valence-corrected chi connectivity index (χ3v) is 4.63. The first-order valence-corrected chi connectivity index (χ1v) is 9.82. The van der Waals surface area contributed by atoms with Crippen molar-refractivity contribution in [2.24, 2.45) is 5.92 Å². The quantitative estimate of drug-likeness (QED) is 0.495. The van der Waals surface area contributed by atoms with Crippen LogP contribution in [0.4, 0.5) is 0 Å². The van der Waals surface area contributed by atoms with Crippen LogP contribution < -0.4 is 0 Å². The van der Waals surface area contributed by atoms with Crippen molar-refractivity contribution < 1.29 is 24.5 Å². The first-order valence-electron chi connectivity index (χ1n) is 9.82. The van der Waals surface area contributed by atoms with Crippen LogP contribution in [0.3, 0.4) is 0 Å². The summed E-state index contributed by atoms with van der Waals surface area (Å²) in [5.41, 5.74) is 1.46. The molecule has 2 N–H and O–H groups in total. The van der Waals surface area contributed by atoms with E-state index >= 15 is 0 Å². The number of ether oxygens (including phenoxy) is 1. The lowest BCUT2D eigenvalue weighted by atomic mass is 9.82. The minimum Gasteiger partial charge on any atom is -0.478 e. The molecule has 1 aromatic rings. The summed E-state index contributed by atoms with van der Waals surface area (Å²) >= 11 is 0. The summed E-state index contributed by atoms with van der Waals surface area (Å²) in [6, 6.07) is 10.9. The van der Waals surface area contributed by atoms with E-state index in [1.807, 2.05) is 0 Å². The van der Waals surface area contributed by atoms with E-state index in [9.17, 15) is 9.59 Å². The lowest BCUT2D eigenvalue weighted by Crippen LogP contribution is -2.30. The van der Waals surface area contributed by atoms with Gasteiger partial charge in [0.1, 0.15) is 0 Å². The van der Waals surface area contributed by atoms with E-state index < -0.39 is 11.9 Å². The van der Waals surface area contributed by atoms with Crippen molar-refractivity contribution in [2.45, 2.75) is 44.6 Å². The molecule has 2 unspecified atom stereocenters. The summed E-state index contributed by atoms with van der Waals surface area (Å²) in [5, 5.41) is 15.6. The number of carboxylic acid groups (broad SMARTS) is 2. The minimum atomic E-state index is -1.26. The molecule has 2 atom stereocenters. The molecule has 0 aromatic heterocycles. The third kappa shape index (κ3) is 11.5. The van der Waals surface area contributed by atoms with Crippen LogP contribution in [0.2, 0.25) is 0 Å². The summed E-state index contributed by atoms with van der Waals surface area (Å²) in [5.74, 6) is -1.80. The molecular weight excluding hydrogens is 358 g/mol. The lowest BCUT2D eigenvalue weighted by Gasteiger charge is -2.32. The Labute approximate surface area is 167 Å². The molecular formula is C22H33NO5. The Morgan fingerprint density at radius 2 is 1.68 bits per heavy atom. The van der Waals surface area contributed by atoms with Gasteiger partial charge >= 0.3 is 11.9 Å². The predicted octanol–water partition coefficient (Wildman–Crippen LogP) is 3.47. The van der Waals surface area contributed by atoms with Gasteiger partial charge in [0, 0.05) is 18.8 Å². The van der Waals surface area contributed by atoms with Gasteiger partial charge in [-0.3, -0.25) is 0 Å². The second-order valence-electron chi connectivity index (χ2n) is 7.31. The van der Waals surface area contributed by atoms with Gasteiger partial charge in [-0.25, -0.2) is 9.59 Å². The van der Waals surface area contributed by atoms with E-state index in [2.05, 4.69) is 49.3 Å². The highest BCUT2D eigenvalue weighted by molar-refractivity contribution is 5.89. The average Bonchev–Trinajstić information content (AvgIpc) is 2.66. The molecule has 156 valence electrons. The molecule has 0 aliphatic heterocycles. The number of aliphatic carboxylic acids is 2. The van der Waals surface area contributed by atoms with Crippen LogP contribution in [0.5, 0.6) is 0 Å². The predicted molar refractivity (Wildman–Crippen MR) is 109 cm³/mol. The van der Waals surface area contributed by atoms with Gasteiger partial charge < -0.3 is 19.8 Å². The Kier molecular flexibility index (Phi) is 11.9. The maximum Gasteiger partial charge on any atom is 0.328 e. The highest BCUT2D eigenvalue weighted by Crippen LogP contribution is 2.29. The van der Waals surface area contributed by atoms with Crippen LogP contribution in [0.1, 0.15) is 37.7 Å². The third-order valence-electron chi connectivity index (χ3n) is 4.63. The molecule has 1 saturated carbocycles. The Bertz CT molecular complexity index is 584. The number of nitrogens with zero attached hydrogens (tertiary/aromatic N) is 1. The Morgan fingerprint density at radius 1 is 1.07 bits per heavy atom. The SMILES string of the molecule is CN(C)CCCOC1CCCCC1Cc1ccccc1.O=C(O)/C=C/C(=O)O. The van der Waals surface area contributed by atoms with Gasteiger partial charge in [0.2, 0.25) is 0 Å². The van der Waals surface area contributed by atoms with Crippen LogP contribution in [0.25, 0.3) is 0 Å². The Hall–Kier alpha value is -2.18. The summed E-state index contributed by atoms with van der Waals surface area (Å²) < 4.78 is 6.19. The fraction of sp³-hybridized carbons (Fsp3) is 0.545. The normalized spacial score (nSPS) is 19.2. The van der Waals surface area contributed by atoms with Crippen molar-refractivity contribution in [3.63, 3.8) is 0 Å². The van der Waals surface area contributed by atoms with E-state index in [1.165, 1.54) is 37.7 Å². The second-order valence-corrected chi connectivity index (χ2v) is 7.31. The van der Waals surface area contributed by atoms with Gasteiger partial charge in [-0.05, 0) is 57.8 Å². The van der Waals surface area contributed by atoms with E-state index in [0.717, 1.165) is 19.6 Å². The Balaban J connectivity index is 0.000000416. The fourth-order valence-electron chi connectivity index (χ4n) is 3.30. The van der Waals surface area contributed by atoms with Gasteiger partial charge in [-0.1, -0.05) is 43.2 Å². The smallest absolute Gasteiger partial charge is 0.328 e. The molecule has 28 heavy (non-hydrogen) atoms. The van der Waals surface area contributed by atoms with E-state index in [0.29, 0.717) is 24.2 Å². The van der Waals surface area contributed by atoms with Gasteiger partial charge in [-0.15, -0.1) is 0 Å². The molecule has 1 aliphatic rings. The molecule has 0 amide bonds. The van der Waals surface area contributed by atoms with Crippen molar-refractivity contribution in [1.29, 1.82) is 0 Å². The zero-order valence-electron chi connectivity index (χ0n) is 16.9. The molecule has 0 radical (unpaired) electrons. The van der Waals surface area contributed by atoms with Crippen molar-refractivity contribution >= 4 is 11.9 Å². The fourth-order valence-corrected chi connectivity index (χ4v) is 3.30. The highest BCUT2D eigenvalue weighted by Gasteiger charge is 2.25. The van der Waals surface area contributed by atoms with Crippen molar-refractivity contribution in [3.05, 3.63) is 48.0 Å². The molecule has 0 saturated heterocycles. The van der Waals surface area contributed by atoms with Gasteiger partial charge in [0.25, 0.3) is 0 Å². The van der Waals surface area contributed by atoms with Gasteiger partial charge in [0.05, 0.1) is 6.10 Å². The largest absolute Gasteiger partial charge is 0.478 e. The van der Waals surface area contributed by atoms with Gasteiger partial charge in [0.15, 0.2) is 0 Å². The first-order chi connectivity index (χ1) is 13.4. The molecule has 1 aliphatic carbocycles. The lowest BCUT2D eigenvalue weighted by molar-refractivity contribution is -0.134. The molecule has 6 nitrogen and oxygen atoms in total. The average molecular weight is 392 g/mol. The summed E-state index contributed by atoms with van der Waals surface area (Å²) in [7, 11) is 4.25. The molecule has 0 bridgehead atoms. The van der Waals surface area contributed by atoms with Crippen LogP contribution in [0, 0.1) is 5.92 Å². The molecule has 0 spiro atoms. The number of benzene rings is 1. The van der Waals surface area contributed by atoms with Crippen molar-refractivity contribution in [3.8, 4) is 0 Å². The summed E-state index contributed by atoms with van der Waals surface area (Å²) in [6.07, 6.45) is 9.20. The van der Waals surface area contributed by atoms with Crippen LogP contribution in [0.15, 0.2) is 42.5 Å². The first kappa shape index (κ1) is 23.9. The van der Waals surface area contributed by atoms with E-state index in [-0.39, 0.29) is 0 Å².